The predicted octanol–water partition coefficient (Wildman–Crippen LogP) is 1.14. The fourth-order valence-corrected chi connectivity index (χ4v) is 3.68. The van der Waals surface area contributed by atoms with Gasteiger partial charge in [-0.15, -0.1) is 0 Å². The van der Waals surface area contributed by atoms with Crippen LogP contribution in [-0.2, 0) is 13.1 Å². The lowest BCUT2D eigenvalue weighted by Gasteiger charge is -2.25. The molecule has 3 aromatic rings. The van der Waals surface area contributed by atoms with Crippen molar-refractivity contribution in [2.24, 2.45) is 0 Å². The number of nitrogens with one attached hydrogen (secondary N) is 1. The normalized spacial score (nSPS) is 13.6. The van der Waals surface area contributed by atoms with Gasteiger partial charge in [0.1, 0.15) is 11.2 Å². The second kappa shape index (κ2) is 6.77. The lowest BCUT2D eigenvalue weighted by Crippen LogP contribution is -2.37. The molecule has 1 aromatic carbocycles. The van der Waals surface area contributed by atoms with Crippen molar-refractivity contribution in [3.63, 3.8) is 0 Å². The predicted molar refractivity (Wildman–Crippen MR) is 104 cm³/mol. The molecule has 1 aliphatic rings. The number of benzene rings is 1. The Hall–Kier alpha value is -3.62. The first-order chi connectivity index (χ1) is 13.8. The summed E-state index contributed by atoms with van der Waals surface area (Å²) in [6, 6.07) is 5.63. The van der Waals surface area contributed by atoms with Crippen LogP contribution in [0.5, 0.6) is 5.75 Å². The molecule has 3 heterocycles. The molecule has 2 N–H and O–H groups in total. The molecule has 8 nitrogen and oxygen atoms in total. The Morgan fingerprint density at radius 1 is 1.21 bits per heavy atom. The number of carbonyl (C=O) groups is 2. The third kappa shape index (κ3) is 2.86. The Bertz CT molecular complexity index is 1210. The number of likely N-dealkylation sites (N-methyl/N-ethyl adjacent to an activating group) is 1. The van der Waals surface area contributed by atoms with Crippen molar-refractivity contribution in [3.8, 4) is 5.75 Å². The lowest BCUT2D eigenvalue weighted by atomic mass is 10.1. The summed E-state index contributed by atoms with van der Waals surface area (Å²) >= 11 is 0. The summed E-state index contributed by atoms with van der Waals surface area (Å²) < 4.78 is 16.0. The molecule has 0 unspecified atom stereocenters. The summed E-state index contributed by atoms with van der Waals surface area (Å²) in [4.78, 5) is 39.7. The average Bonchev–Trinajstić information content (AvgIpc) is 3.01. The largest absolute Gasteiger partial charge is 0.505 e. The zero-order chi connectivity index (χ0) is 20.9. The monoisotopic (exact) mass is 398 g/mol. The van der Waals surface area contributed by atoms with E-state index in [4.69, 9.17) is 0 Å². The molecule has 0 radical (unpaired) electrons. The maximum atomic E-state index is 13.2. The van der Waals surface area contributed by atoms with Gasteiger partial charge in [0, 0.05) is 33.4 Å². The topological polar surface area (TPSA) is 96.6 Å². The Balaban J connectivity index is 2.00. The maximum Gasteiger partial charge on any atom is 0.274 e. The summed E-state index contributed by atoms with van der Waals surface area (Å²) in [7, 11) is 3.07. The molecule has 0 fully saturated rings. The third-order valence-corrected chi connectivity index (χ3v) is 5.20. The first kappa shape index (κ1) is 18.7. The first-order valence-electron chi connectivity index (χ1n) is 9.04. The van der Waals surface area contributed by atoms with Crippen LogP contribution in [0.4, 0.5) is 4.39 Å². The summed E-state index contributed by atoms with van der Waals surface area (Å²) in [5, 5.41) is 13.2. The Kier molecular flexibility index (Phi) is 4.37. The smallest absolute Gasteiger partial charge is 0.274 e. The van der Waals surface area contributed by atoms with Gasteiger partial charge in [0.05, 0.1) is 17.6 Å². The van der Waals surface area contributed by atoms with Gasteiger partial charge < -0.3 is 24.5 Å². The van der Waals surface area contributed by atoms with Crippen molar-refractivity contribution < 1.29 is 19.1 Å². The van der Waals surface area contributed by atoms with Crippen molar-refractivity contribution in [1.29, 1.82) is 0 Å². The highest BCUT2D eigenvalue weighted by atomic mass is 19.1. The van der Waals surface area contributed by atoms with Gasteiger partial charge in [-0.3, -0.25) is 14.4 Å². The summed E-state index contributed by atoms with van der Waals surface area (Å²) in [6.07, 6.45) is 1.41. The number of fused-ring (bicyclic) bond motifs is 3. The molecule has 4 rings (SSSR count). The van der Waals surface area contributed by atoms with Crippen molar-refractivity contribution in [3.05, 3.63) is 63.5 Å². The van der Waals surface area contributed by atoms with E-state index in [1.165, 1.54) is 51.5 Å². The standard InChI is InChI=1S/C20H19FN4O4/c1-22-18(27)13-10-24(9-11-3-5-12(21)6-4-11)19(28)14-15(13)25-8-7-23(2)20(29)16(25)17(14)26/h3-6,10,26H,7-9H2,1-2H3,(H,22,27). The van der Waals surface area contributed by atoms with Gasteiger partial charge in [0.25, 0.3) is 17.4 Å². The Labute approximate surface area is 164 Å². The fourth-order valence-electron chi connectivity index (χ4n) is 3.68. The highest BCUT2D eigenvalue weighted by Gasteiger charge is 2.33. The van der Waals surface area contributed by atoms with Crippen LogP contribution in [-0.4, -0.2) is 51.6 Å². The van der Waals surface area contributed by atoms with Crippen LogP contribution in [0.1, 0.15) is 26.4 Å². The molecule has 0 spiro atoms. The van der Waals surface area contributed by atoms with E-state index in [-0.39, 0.29) is 28.7 Å². The highest BCUT2D eigenvalue weighted by molar-refractivity contribution is 6.11. The molecule has 0 saturated carbocycles. The van der Waals surface area contributed by atoms with Crippen LogP contribution < -0.4 is 10.9 Å². The van der Waals surface area contributed by atoms with E-state index in [0.29, 0.717) is 18.7 Å². The Morgan fingerprint density at radius 3 is 2.55 bits per heavy atom. The lowest BCUT2D eigenvalue weighted by molar-refractivity contribution is 0.0746. The van der Waals surface area contributed by atoms with Crippen LogP contribution >= 0.6 is 0 Å². The molecule has 2 aromatic heterocycles. The summed E-state index contributed by atoms with van der Waals surface area (Å²) in [5.41, 5.74) is 0.513. The van der Waals surface area contributed by atoms with E-state index in [1.54, 1.807) is 7.05 Å². The Morgan fingerprint density at radius 2 is 1.90 bits per heavy atom. The van der Waals surface area contributed by atoms with Gasteiger partial charge >= 0.3 is 0 Å². The maximum absolute atomic E-state index is 13.2. The van der Waals surface area contributed by atoms with Gasteiger partial charge in [-0.05, 0) is 17.7 Å². The van der Waals surface area contributed by atoms with E-state index in [2.05, 4.69) is 5.32 Å². The van der Waals surface area contributed by atoms with E-state index < -0.39 is 28.9 Å². The van der Waals surface area contributed by atoms with Gasteiger partial charge in [-0.1, -0.05) is 12.1 Å². The number of aromatic nitrogens is 2. The van der Waals surface area contributed by atoms with E-state index in [0.717, 1.165) is 0 Å². The number of hydrogen-bond donors (Lipinski definition) is 2. The molecular weight excluding hydrogens is 379 g/mol. The minimum Gasteiger partial charge on any atom is -0.505 e. The second-order valence-electron chi connectivity index (χ2n) is 6.98. The summed E-state index contributed by atoms with van der Waals surface area (Å²) in [5.74, 6) is -1.70. The van der Waals surface area contributed by atoms with Crippen molar-refractivity contribution in [2.45, 2.75) is 13.1 Å². The summed E-state index contributed by atoms with van der Waals surface area (Å²) in [6.45, 7) is 0.813. The quantitative estimate of drug-likeness (QED) is 0.692. The molecule has 2 amide bonds. The molecule has 0 bridgehead atoms. The zero-order valence-corrected chi connectivity index (χ0v) is 15.9. The molecule has 0 saturated heterocycles. The van der Waals surface area contributed by atoms with Gasteiger partial charge in [-0.2, -0.15) is 0 Å². The number of carbonyl (C=O) groups excluding carboxylic acids is 2. The minimum absolute atomic E-state index is 0.00413. The molecule has 9 heteroatoms. The van der Waals surface area contributed by atoms with Crippen molar-refractivity contribution in [1.82, 2.24) is 19.4 Å². The van der Waals surface area contributed by atoms with Gasteiger partial charge in [0.2, 0.25) is 0 Å². The third-order valence-electron chi connectivity index (χ3n) is 5.20. The second-order valence-corrected chi connectivity index (χ2v) is 6.98. The fraction of sp³-hybridized carbons (Fsp3) is 0.250. The highest BCUT2D eigenvalue weighted by Crippen LogP contribution is 2.34. The van der Waals surface area contributed by atoms with Gasteiger partial charge in [-0.25, -0.2) is 4.39 Å². The van der Waals surface area contributed by atoms with Gasteiger partial charge in [0.15, 0.2) is 11.4 Å². The van der Waals surface area contributed by atoms with Crippen LogP contribution in [0.25, 0.3) is 10.9 Å². The van der Waals surface area contributed by atoms with Crippen LogP contribution in [0.15, 0.2) is 35.3 Å². The number of rotatable bonds is 3. The van der Waals surface area contributed by atoms with Crippen LogP contribution in [0.3, 0.4) is 0 Å². The molecular formula is C20H19FN4O4. The average molecular weight is 398 g/mol. The molecule has 0 aliphatic carbocycles. The first-order valence-corrected chi connectivity index (χ1v) is 9.04. The number of pyridine rings is 1. The number of aromatic hydroxyl groups is 1. The van der Waals surface area contributed by atoms with Crippen LogP contribution in [0, 0.1) is 5.82 Å². The number of nitrogens with zero attached hydrogens (tertiary/aromatic N) is 3. The molecule has 0 atom stereocenters. The minimum atomic E-state index is -0.535. The number of hydrogen-bond acceptors (Lipinski definition) is 4. The number of halogens is 1. The number of amides is 2. The zero-order valence-electron chi connectivity index (χ0n) is 15.9. The molecule has 29 heavy (non-hydrogen) atoms. The molecule has 150 valence electrons. The van der Waals surface area contributed by atoms with E-state index in [1.807, 2.05) is 0 Å². The van der Waals surface area contributed by atoms with E-state index >= 15 is 0 Å². The van der Waals surface area contributed by atoms with Crippen LogP contribution in [0.2, 0.25) is 0 Å². The van der Waals surface area contributed by atoms with Crippen molar-refractivity contribution >= 4 is 22.7 Å². The van der Waals surface area contributed by atoms with Crippen molar-refractivity contribution in [2.75, 3.05) is 20.6 Å². The molecule has 1 aliphatic heterocycles. The van der Waals surface area contributed by atoms with E-state index in [9.17, 15) is 23.9 Å². The SMILES string of the molecule is CNC(=O)c1cn(Cc2ccc(F)cc2)c(=O)c2c(O)c3n(c12)CCN(C)C3=O.